The lowest BCUT2D eigenvalue weighted by Gasteiger charge is -2.22. The fraction of sp³-hybridized carbons (Fsp3) is 0.308. The smallest absolute Gasteiger partial charge is 0.179 e. The first-order valence-corrected chi connectivity index (χ1v) is 7.36. The maximum atomic E-state index is 6.15. The van der Waals surface area contributed by atoms with E-state index < -0.39 is 0 Å². The van der Waals surface area contributed by atoms with Crippen LogP contribution in [0.25, 0.3) is 11.4 Å². The molecule has 3 rings (SSSR count). The molecular formula is C13H16N6S. The van der Waals surface area contributed by atoms with Gasteiger partial charge in [-0.1, -0.05) is 43.0 Å². The second kappa shape index (κ2) is 5.64. The molecule has 20 heavy (non-hydrogen) atoms. The van der Waals surface area contributed by atoms with Crippen molar-refractivity contribution in [2.45, 2.75) is 25.4 Å². The number of nitrogens with one attached hydrogen (secondary N) is 1. The van der Waals surface area contributed by atoms with Gasteiger partial charge in [-0.15, -0.1) is 5.10 Å². The van der Waals surface area contributed by atoms with Crippen molar-refractivity contribution in [3.8, 4) is 11.4 Å². The van der Waals surface area contributed by atoms with E-state index in [0.29, 0.717) is 5.82 Å². The number of rotatable bonds is 4. The lowest BCUT2D eigenvalue weighted by Crippen LogP contribution is -2.31. The Labute approximate surface area is 121 Å². The minimum absolute atomic E-state index is 0.0224. The zero-order chi connectivity index (χ0) is 13.9. The summed E-state index contributed by atoms with van der Waals surface area (Å²) in [5.41, 5.74) is 8.28. The molecule has 0 bridgehead atoms. The molecule has 104 valence electrons. The van der Waals surface area contributed by atoms with Crippen LogP contribution in [0.1, 0.15) is 18.9 Å². The molecule has 0 fully saturated rings. The summed E-state index contributed by atoms with van der Waals surface area (Å²) in [6, 6.07) is 8.08. The number of aromatic nitrogens is 4. The molecule has 0 spiro atoms. The van der Waals surface area contributed by atoms with Crippen LogP contribution in [0.5, 0.6) is 0 Å². The Morgan fingerprint density at radius 1 is 1.40 bits per heavy atom. The third-order valence-electron chi connectivity index (χ3n) is 3.23. The number of benzene rings is 1. The second-order valence-corrected chi connectivity index (χ2v) is 5.78. The van der Waals surface area contributed by atoms with E-state index >= 15 is 0 Å². The summed E-state index contributed by atoms with van der Waals surface area (Å²) in [7, 11) is 0. The van der Waals surface area contributed by atoms with Crippen LogP contribution in [-0.4, -0.2) is 31.0 Å². The summed E-state index contributed by atoms with van der Waals surface area (Å²) in [6.45, 7) is 2.89. The lowest BCUT2D eigenvalue weighted by atomic mass is 10.1. The molecular weight excluding hydrogens is 272 g/mol. The molecule has 1 aromatic carbocycles. The van der Waals surface area contributed by atoms with Gasteiger partial charge in [0.25, 0.3) is 0 Å². The third kappa shape index (κ3) is 2.54. The molecule has 1 atom stereocenters. The summed E-state index contributed by atoms with van der Waals surface area (Å²) >= 11 is 1.71. The number of nitrogens with zero attached hydrogens (tertiary/aromatic N) is 4. The number of H-pyrrole nitrogens is 1. The van der Waals surface area contributed by atoms with Crippen molar-refractivity contribution in [3.63, 3.8) is 0 Å². The Bertz CT molecular complexity index is 609. The number of hydrogen-bond donors (Lipinski definition) is 2. The van der Waals surface area contributed by atoms with E-state index in [4.69, 9.17) is 5.73 Å². The van der Waals surface area contributed by atoms with Gasteiger partial charge in [-0.3, -0.25) is 0 Å². The Hall–Kier alpha value is -1.86. The van der Waals surface area contributed by atoms with E-state index in [1.54, 1.807) is 11.8 Å². The van der Waals surface area contributed by atoms with Gasteiger partial charge < -0.3 is 10.6 Å². The van der Waals surface area contributed by atoms with Crippen LogP contribution in [0.4, 0.5) is 0 Å². The molecule has 2 heterocycles. The monoisotopic (exact) mass is 288 g/mol. The minimum atomic E-state index is -0.0224. The van der Waals surface area contributed by atoms with Crippen molar-refractivity contribution < 1.29 is 0 Å². The first kappa shape index (κ1) is 13.1. The molecule has 1 aliphatic rings. The van der Waals surface area contributed by atoms with E-state index in [-0.39, 0.29) is 5.50 Å². The first-order valence-electron chi connectivity index (χ1n) is 6.48. The molecule has 0 saturated carbocycles. The zero-order valence-electron chi connectivity index (χ0n) is 11.2. The first-order chi connectivity index (χ1) is 9.78. The molecule has 1 aliphatic heterocycles. The van der Waals surface area contributed by atoms with Gasteiger partial charge in [-0.2, -0.15) is 0 Å². The summed E-state index contributed by atoms with van der Waals surface area (Å²) in [5, 5.41) is 14.1. The van der Waals surface area contributed by atoms with Crippen LogP contribution in [-0.2, 0) is 6.54 Å². The van der Waals surface area contributed by atoms with E-state index in [0.717, 1.165) is 24.1 Å². The largest absolute Gasteiger partial charge is 0.348 e. The highest BCUT2D eigenvalue weighted by Crippen LogP contribution is 2.33. The van der Waals surface area contributed by atoms with Crippen LogP contribution in [0.15, 0.2) is 35.4 Å². The number of nitrogens with two attached hydrogens (primary N) is 1. The van der Waals surface area contributed by atoms with Gasteiger partial charge in [0, 0.05) is 23.2 Å². The van der Waals surface area contributed by atoms with Gasteiger partial charge in [-0.05, 0) is 22.4 Å². The fourth-order valence-corrected chi connectivity index (χ4v) is 3.12. The molecule has 0 radical (unpaired) electrons. The summed E-state index contributed by atoms with van der Waals surface area (Å²) in [6.07, 6.45) is 3.16. The van der Waals surface area contributed by atoms with Crippen molar-refractivity contribution in [2.75, 3.05) is 0 Å². The highest BCUT2D eigenvalue weighted by molar-refractivity contribution is 8.03. The van der Waals surface area contributed by atoms with Gasteiger partial charge >= 0.3 is 0 Å². The van der Waals surface area contributed by atoms with Gasteiger partial charge in [-0.25, -0.2) is 5.10 Å². The number of allylic oxidation sites excluding steroid dienone is 1. The number of thioether (sulfide) groups is 1. The molecule has 7 heteroatoms. The normalized spacial score (nSPS) is 18.4. The van der Waals surface area contributed by atoms with Crippen LogP contribution in [0.3, 0.4) is 0 Å². The maximum Gasteiger partial charge on any atom is 0.179 e. The van der Waals surface area contributed by atoms with Gasteiger partial charge in [0.1, 0.15) is 5.50 Å². The zero-order valence-corrected chi connectivity index (χ0v) is 12.0. The standard InChI is InChI=1S/C13H16N6S/c1-2-10-8-19(13(14)20-10)7-9-5-3-4-6-11(9)12-15-17-18-16-12/h3-6,8,13H,2,7,14H2,1H3,(H,15,16,17,18). The van der Waals surface area contributed by atoms with E-state index in [2.05, 4.69) is 44.7 Å². The summed E-state index contributed by atoms with van der Waals surface area (Å²) < 4.78 is 0. The number of tetrazole rings is 1. The minimum Gasteiger partial charge on any atom is -0.348 e. The summed E-state index contributed by atoms with van der Waals surface area (Å²) in [5.74, 6) is 0.681. The molecule has 3 N–H and O–H groups in total. The summed E-state index contributed by atoms with van der Waals surface area (Å²) in [4.78, 5) is 3.46. The number of hydrogen-bond acceptors (Lipinski definition) is 6. The quantitative estimate of drug-likeness (QED) is 0.894. The van der Waals surface area contributed by atoms with Crippen LogP contribution >= 0.6 is 11.8 Å². The van der Waals surface area contributed by atoms with E-state index in [1.165, 1.54) is 4.91 Å². The molecule has 2 aromatic rings. The predicted octanol–water partition coefficient (Wildman–Crippen LogP) is 1.91. The molecule has 0 saturated heterocycles. The van der Waals surface area contributed by atoms with Crippen molar-refractivity contribution >= 4 is 11.8 Å². The molecule has 0 amide bonds. The molecule has 6 nitrogen and oxygen atoms in total. The van der Waals surface area contributed by atoms with Gasteiger partial charge in [0.2, 0.25) is 0 Å². The van der Waals surface area contributed by atoms with Crippen molar-refractivity contribution in [3.05, 3.63) is 40.9 Å². The SMILES string of the molecule is CCC1=CN(Cc2ccccc2-c2nnn[nH]2)C(N)S1. The van der Waals surface area contributed by atoms with Crippen molar-refractivity contribution in [1.29, 1.82) is 0 Å². The highest BCUT2D eigenvalue weighted by atomic mass is 32.2. The molecule has 1 aromatic heterocycles. The Balaban J connectivity index is 1.87. The van der Waals surface area contributed by atoms with E-state index in [9.17, 15) is 0 Å². The molecule has 0 aliphatic carbocycles. The predicted molar refractivity (Wildman–Crippen MR) is 79.1 cm³/mol. The average molecular weight is 288 g/mol. The Morgan fingerprint density at radius 3 is 2.95 bits per heavy atom. The van der Waals surface area contributed by atoms with Gasteiger partial charge in [0.05, 0.1) is 0 Å². The highest BCUT2D eigenvalue weighted by Gasteiger charge is 2.22. The van der Waals surface area contributed by atoms with E-state index in [1.807, 2.05) is 18.2 Å². The van der Waals surface area contributed by atoms with Crippen molar-refractivity contribution in [1.82, 2.24) is 25.5 Å². The van der Waals surface area contributed by atoms with Crippen molar-refractivity contribution in [2.24, 2.45) is 5.73 Å². The van der Waals surface area contributed by atoms with Crippen LogP contribution in [0, 0.1) is 0 Å². The maximum absolute atomic E-state index is 6.15. The average Bonchev–Trinajstić information content (AvgIpc) is 3.10. The molecule has 1 unspecified atom stereocenters. The van der Waals surface area contributed by atoms with Crippen LogP contribution < -0.4 is 5.73 Å². The Kier molecular flexibility index (Phi) is 3.70. The van der Waals surface area contributed by atoms with Gasteiger partial charge in [0.15, 0.2) is 5.82 Å². The second-order valence-electron chi connectivity index (χ2n) is 4.54. The lowest BCUT2D eigenvalue weighted by molar-refractivity contribution is 0.359. The Morgan fingerprint density at radius 2 is 2.25 bits per heavy atom. The topological polar surface area (TPSA) is 83.7 Å². The fourth-order valence-electron chi connectivity index (χ4n) is 2.18. The third-order valence-corrected chi connectivity index (χ3v) is 4.44. The number of aromatic amines is 1. The van der Waals surface area contributed by atoms with Crippen LogP contribution in [0.2, 0.25) is 0 Å².